The Balaban J connectivity index is 1.97. The number of hydrogen-bond acceptors (Lipinski definition) is 5. The number of nitrogens with zero attached hydrogens (tertiary/aromatic N) is 3. The normalized spacial score (nSPS) is 10.6. The number of ether oxygens (including phenoxy) is 1. The number of nitrogens with one attached hydrogen (secondary N) is 2. The van der Waals surface area contributed by atoms with E-state index in [1.165, 1.54) is 11.8 Å². The minimum absolute atomic E-state index is 0.243. The quantitative estimate of drug-likeness (QED) is 0.748. The van der Waals surface area contributed by atoms with Crippen LogP contribution in [0.3, 0.4) is 0 Å². The van der Waals surface area contributed by atoms with Gasteiger partial charge in [-0.25, -0.2) is 4.98 Å². The average Bonchev–Trinajstić information content (AvgIpc) is 2.99. The van der Waals surface area contributed by atoms with Crippen molar-refractivity contribution in [2.24, 2.45) is 0 Å². The molecule has 0 aliphatic carbocycles. The second kappa shape index (κ2) is 6.83. The van der Waals surface area contributed by atoms with Crippen LogP contribution in [0.15, 0.2) is 35.1 Å². The zero-order valence-corrected chi connectivity index (χ0v) is 15.0. The predicted octanol–water partition coefficient (Wildman–Crippen LogP) is 2.14. The van der Waals surface area contributed by atoms with Crippen LogP contribution >= 0.6 is 0 Å². The average molecular weight is 353 g/mol. The van der Waals surface area contributed by atoms with Crippen LogP contribution in [-0.2, 0) is 0 Å². The SMILES string of the molecule is COc1cccc(C(=O)Nc2cc(C)nn2-c2nc(C)c(C)c(=O)[nH]2)c1. The van der Waals surface area contributed by atoms with Crippen LogP contribution in [0, 0.1) is 20.8 Å². The standard InChI is InChI=1S/C18H19N5O3/c1-10-8-15(20-17(25)13-6-5-7-14(9-13)26-4)23(22-10)18-19-12(3)11(2)16(24)21-18/h5-9H,1-4H3,(H,20,25)(H,19,21,24). The minimum Gasteiger partial charge on any atom is -0.497 e. The zero-order valence-electron chi connectivity index (χ0n) is 15.0. The summed E-state index contributed by atoms with van der Waals surface area (Å²) in [7, 11) is 1.54. The zero-order chi connectivity index (χ0) is 18.8. The van der Waals surface area contributed by atoms with Crippen LogP contribution in [-0.4, -0.2) is 32.8 Å². The van der Waals surface area contributed by atoms with Gasteiger partial charge in [-0.2, -0.15) is 9.78 Å². The Morgan fingerprint density at radius 2 is 2.00 bits per heavy atom. The van der Waals surface area contributed by atoms with Gasteiger partial charge in [-0.3, -0.25) is 14.6 Å². The Kier molecular flexibility index (Phi) is 4.57. The third kappa shape index (κ3) is 3.34. The van der Waals surface area contributed by atoms with Crippen molar-refractivity contribution in [2.75, 3.05) is 12.4 Å². The smallest absolute Gasteiger partial charge is 0.256 e. The van der Waals surface area contributed by atoms with Gasteiger partial charge in [-0.05, 0) is 39.0 Å². The fourth-order valence-corrected chi connectivity index (χ4v) is 2.43. The van der Waals surface area contributed by atoms with E-state index in [1.54, 1.807) is 51.1 Å². The Bertz CT molecular complexity index is 1040. The van der Waals surface area contributed by atoms with Gasteiger partial charge in [-0.15, -0.1) is 0 Å². The molecule has 2 heterocycles. The van der Waals surface area contributed by atoms with E-state index in [1.807, 2.05) is 0 Å². The Hall–Kier alpha value is -3.42. The second-order valence-electron chi connectivity index (χ2n) is 5.87. The largest absolute Gasteiger partial charge is 0.497 e. The highest BCUT2D eigenvalue weighted by molar-refractivity contribution is 6.04. The van der Waals surface area contributed by atoms with Crippen LogP contribution in [0.5, 0.6) is 5.75 Å². The lowest BCUT2D eigenvalue weighted by molar-refractivity contribution is 0.102. The molecule has 0 fully saturated rings. The molecular weight excluding hydrogens is 334 g/mol. The number of methoxy groups -OCH3 is 1. The number of hydrogen-bond donors (Lipinski definition) is 2. The van der Waals surface area contributed by atoms with Gasteiger partial charge >= 0.3 is 0 Å². The second-order valence-corrected chi connectivity index (χ2v) is 5.87. The lowest BCUT2D eigenvalue weighted by Gasteiger charge is -2.10. The van der Waals surface area contributed by atoms with E-state index in [9.17, 15) is 9.59 Å². The molecule has 1 amide bonds. The molecule has 1 aromatic carbocycles. The number of aromatic amines is 1. The number of carbonyl (C=O) groups is 1. The molecule has 0 atom stereocenters. The van der Waals surface area contributed by atoms with Crippen LogP contribution in [0.1, 0.15) is 27.3 Å². The van der Waals surface area contributed by atoms with Crippen molar-refractivity contribution in [3.8, 4) is 11.7 Å². The number of rotatable bonds is 4. The van der Waals surface area contributed by atoms with Gasteiger partial charge in [0.25, 0.3) is 11.5 Å². The summed E-state index contributed by atoms with van der Waals surface area (Å²) < 4.78 is 6.55. The van der Waals surface area contributed by atoms with Gasteiger partial charge in [-0.1, -0.05) is 6.07 Å². The van der Waals surface area contributed by atoms with Gasteiger partial charge < -0.3 is 10.1 Å². The van der Waals surface area contributed by atoms with Gasteiger partial charge in [0.15, 0.2) is 0 Å². The summed E-state index contributed by atoms with van der Waals surface area (Å²) in [6.07, 6.45) is 0. The molecule has 8 nitrogen and oxygen atoms in total. The Labute approximate surface area is 149 Å². The summed E-state index contributed by atoms with van der Waals surface area (Å²) in [5.41, 5.74) is 2.01. The Morgan fingerprint density at radius 3 is 2.69 bits per heavy atom. The molecule has 0 unspecified atom stereocenters. The van der Waals surface area contributed by atoms with Gasteiger partial charge in [0.2, 0.25) is 5.95 Å². The van der Waals surface area contributed by atoms with E-state index in [0.29, 0.717) is 34.1 Å². The summed E-state index contributed by atoms with van der Waals surface area (Å²) in [5, 5.41) is 7.11. The van der Waals surface area contributed by atoms with E-state index in [-0.39, 0.29) is 17.4 Å². The molecule has 0 saturated carbocycles. The molecule has 2 N–H and O–H groups in total. The minimum atomic E-state index is -0.323. The predicted molar refractivity (Wildman–Crippen MR) is 97.1 cm³/mol. The number of aryl methyl sites for hydroxylation is 2. The van der Waals surface area contributed by atoms with Crippen molar-refractivity contribution in [1.82, 2.24) is 19.7 Å². The first-order chi connectivity index (χ1) is 12.4. The van der Waals surface area contributed by atoms with Crippen molar-refractivity contribution in [1.29, 1.82) is 0 Å². The first kappa shape index (κ1) is 17.4. The molecule has 2 aromatic heterocycles. The maximum Gasteiger partial charge on any atom is 0.256 e. The molecule has 0 saturated heterocycles. The molecule has 0 aliphatic rings. The number of amides is 1. The Morgan fingerprint density at radius 1 is 1.23 bits per heavy atom. The molecular formula is C18H19N5O3. The van der Waals surface area contributed by atoms with Crippen molar-refractivity contribution in [3.05, 3.63) is 63.2 Å². The highest BCUT2D eigenvalue weighted by Gasteiger charge is 2.15. The summed E-state index contributed by atoms with van der Waals surface area (Å²) in [5.74, 6) is 0.910. The lowest BCUT2D eigenvalue weighted by Crippen LogP contribution is -2.20. The topological polar surface area (TPSA) is 102 Å². The number of aromatic nitrogens is 4. The third-order valence-electron chi connectivity index (χ3n) is 3.99. The van der Waals surface area contributed by atoms with Gasteiger partial charge in [0, 0.05) is 22.9 Å². The van der Waals surface area contributed by atoms with Gasteiger partial charge in [0.1, 0.15) is 11.6 Å². The molecule has 26 heavy (non-hydrogen) atoms. The van der Waals surface area contributed by atoms with E-state index < -0.39 is 0 Å². The number of anilines is 1. The van der Waals surface area contributed by atoms with Crippen LogP contribution in [0.2, 0.25) is 0 Å². The summed E-state index contributed by atoms with van der Waals surface area (Å²) in [4.78, 5) is 31.6. The molecule has 3 aromatic rings. The number of benzene rings is 1. The van der Waals surface area contributed by atoms with Crippen LogP contribution in [0.4, 0.5) is 5.82 Å². The maximum absolute atomic E-state index is 12.6. The summed E-state index contributed by atoms with van der Waals surface area (Å²) >= 11 is 0. The molecule has 0 bridgehead atoms. The fraction of sp³-hybridized carbons (Fsp3) is 0.222. The summed E-state index contributed by atoms with van der Waals surface area (Å²) in [6.45, 7) is 5.24. The third-order valence-corrected chi connectivity index (χ3v) is 3.99. The van der Waals surface area contributed by atoms with Gasteiger partial charge in [0.05, 0.1) is 12.8 Å². The monoisotopic (exact) mass is 353 g/mol. The van der Waals surface area contributed by atoms with Crippen LogP contribution in [0.25, 0.3) is 5.95 Å². The molecule has 8 heteroatoms. The van der Waals surface area contributed by atoms with Crippen molar-refractivity contribution < 1.29 is 9.53 Å². The highest BCUT2D eigenvalue weighted by atomic mass is 16.5. The van der Waals surface area contributed by atoms with E-state index in [0.717, 1.165) is 0 Å². The van der Waals surface area contributed by atoms with E-state index in [4.69, 9.17) is 4.74 Å². The molecule has 134 valence electrons. The van der Waals surface area contributed by atoms with Crippen LogP contribution < -0.4 is 15.6 Å². The maximum atomic E-state index is 12.6. The van der Waals surface area contributed by atoms with E-state index in [2.05, 4.69) is 20.4 Å². The number of carbonyl (C=O) groups excluding carboxylic acids is 1. The molecule has 3 rings (SSSR count). The van der Waals surface area contributed by atoms with Crippen molar-refractivity contribution >= 4 is 11.7 Å². The lowest BCUT2D eigenvalue weighted by atomic mass is 10.2. The highest BCUT2D eigenvalue weighted by Crippen LogP contribution is 2.17. The molecule has 0 spiro atoms. The first-order valence-corrected chi connectivity index (χ1v) is 7.99. The van der Waals surface area contributed by atoms with E-state index >= 15 is 0 Å². The first-order valence-electron chi connectivity index (χ1n) is 7.99. The van der Waals surface area contributed by atoms with Crippen molar-refractivity contribution in [2.45, 2.75) is 20.8 Å². The summed E-state index contributed by atoms with van der Waals surface area (Å²) in [6, 6.07) is 8.52. The fourth-order valence-electron chi connectivity index (χ4n) is 2.43. The van der Waals surface area contributed by atoms with Crippen molar-refractivity contribution in [3.63, 3.8) is 0 Å². The molecule has 0 radical (unpaired) electrons. The number of H-pyrrole nitrogens is 1. The molecule has 0 aliphatic heterocycles.